The first-order valence-corrected chi connectivity index (χ1v) is 8.80. The first kappa shape index (κ1) is 16.7. The number of nitrogens with one attached hydrogen (secondary N) is 1. The molecule has 0 amide bonds. The minimum Gasteiger partial charge on any atom is -0.305 e. The lowest BCUT2D eigenvalue weighted by molar-refractivity contribution is 0.562. The number of nitrogens with zero attached hydrogens (tertiary/aromatic N) is 1. The van der Waals surface area contributed by atoms with Crippen LogP contribution in [0.3, 0.4) is 0 Å². The largest absolute Gasteiger partial charge is 0.305 e. The molecule has 2 rings (SSSR count). The van der Waals surface area contributed by atoms with Crippen molar-refractivity contribution in [3.05, 3.63) is 36.6 Å². The first-order chi connectivity index (χ1) is 9.50. The van der Waals surface area contributed by atoms with Crippen molar-refractivity contribution >= 4 is 33.9 Å². The molecule has 2 aromatic heterocycles. The molecule has 3 nitrogen and oxygen atoms in total. The molecule has 0 fully saturated rings. The van der Waals surface area contributed by atoms with Crippen molar-refractivity contribution < 1.29 is 0 Å². The number of hydrogen-bond donors (Lipinski definition) is 1. The van der Waals surface area contributed by atoms with Crippen molar-refractivity contribution in [2.24, 2.45) is 0 Å². The van der Waals surface area contributed by atoms with Gasteiger partial charge < -0.3 is 4.98 Å². The van der Waals surface area contributed by atoms with Gasteiger partial charge in [0.2, 0.25) is 0 Å². The Bertz CT molecular complexity index is 717. The Balaban J connectivity index is 2.58. The van der Waals surface area contributed by atoms with Gasteiger partial charge in [-0.05, 0) is 40.1 Å². The van der Waals surface area contributed by atoms with Crippen molar-refractivity contribution in [3.8, 4) is 10.7 Å². The van der Waals surface area contributed by atoms with Crippen LogP contribution in [0, 0.1) is 3.57 Å². The van der Waals surface area contributed by atoms with E-state index in [0.29, 0.717) is 9.39 Å². The summed E-state index contributed by atoms with van der Waals surface area (Å²) in [5, 5.41) is 0. The second kappa shape index (κ2) is 5.50. The normalized spacial score (nSPS) is 12.7. The summed E-state index contributed by atoms with van der Waals surface area (Å²) < 4.78 is 0.677. The third kappa shape index (κ3) is 3.56. The molecule has 0 unspecified atom stereocenters. The molecule has 0 atom stereocenters. The van der Waals surface area contributed by atoms with Crippen LogP contribution in [0.25, 0.3) is 10.7 Å². The van der Waals surface area contributed by atoms with Gasteiger partial charge in [0.1, 0.15) is 3.57 Å². The van der Waals surface area contributed by atoms with Crippen LogP contribution in [0.2, 0.25) is 0 Å². The monoisotopic (exact) mass is 416 g/mol. The number of H-pyrrole nitrogens is 1. The lowest BCUT2D eigenvalue weighted by atomic mass is 9.92. The Labute approximate surface area is 143 Å². The standard InChI is InChI=1S/C16H21IN2OS/c1-15(2,3)10-8-7-9(21-10)13-18-12(16(4,5)6)11(17)14(20)19-13/h7-8H,1-6H3,(H,18,19,20). The fraction of sp³-hybridized carbons (Fsp3) is 0.500. The van der Waals surface area contributed by atoms with Crippen molar-refractivity contribution in [2.75, 3.05) is 0 Å². The minimum atomic E-state index is -0.149. The number of aromatic amines is 1. The molecular weight excluding hydrogens is 395 g/mol. The summed E-state index contributed by atoms with van der Waals surface area (Å²) in [7, 11) is 0. The molecule has 5 heteroatoms. The van der Waals surface area contributed by atoms with Gasteiger partial charge in [-0.3, -0.25) is 4.79 Å². The number of halogens is 1. The molecule has 0 spiro atoms. The average molecular weight is 416 g/mol. The molecule has 0 aliphatic heterocycles. The highest BCUT2D eigenvalue weighted by Crippen LogP contribution is 2.34. The minimum absolute atomic E-state index is 0.0590. The molecule has 0 aliphatic carbocycles. The predicted molar refractivity (Wildman–Crippen MR) is 98.3 cm³/mol. The van der Waals surface area contributed by atoms with Crippen LogP contribution in [-0.4, -0.2) is 9.97 Å². The van der Waals surface area contributed by atoms with Gasteiger partial charge in [0, 0.05) is 10.3 Å². The van der Waals surface area contributed by atoms with E-state index in [-0.39, 0.29) is 16.4 Å². The highest BCUT2D eigenvalue weighted by molar-refractivity contribution is 14.1. The highest BCUT2D eigenvalue weighted by atomic mass is 127. The van der Waals surface area contributed by atoms with E-state index in [0.717, 1.165) is 10.6 Å². The number of thiophene rings is 1. The predicted octanol–water partition coefficient (Wildman–Crippen LogP) is 4.70. The Morgan fingerprint density at radius 1 is 1.10 bits per heavy atom. The molecule has 0 aliphatic rings. The average Bonchev–Trinajstić information content (AvgIpc) is 2.80. The van der Waals surface area contributed by atoms with Crippen molar-refractivity contribution in [3.63, 3.8) is 0 Å². The topological polar surface area (TPSA) is 45.8 Å². The summed E-state index contributed by atoms with van der Waals surface area (Å²) in [4.78, 5) is 22.1. The third-order valence-electron chi connectivity index (χ3n) is 3.15. The molecule has 0 bridgehead atoms. The van der Waals surface area contributed by atoms with Crippen LogP contribution in [0.4, 0.5) is 0 Å². The van der Waals surface area contributed by atoms with Crippen LogP contribution in [-0.2, 0) is 10.8 Å². The van der Waals surface area contributed by atoms with Crippen molar-refractivity contribution in [1.82, 2.24) is 9.97 Å². The van der Waals surface area contributed by atoms with E-state index in [1.165, 1.54) is 4.88 Å². The van der Waals surface area contributed by atoms with Gasteiger partial charge in [0.05, 0.1) is 10.6 Å². The summed E-state index contributed by atoms with van der Waals surface area (Å²) in [5.41, 5.74) is 0.756. The first-order valence-electron chi connectivity index (χ1n) is 6.91. The fourth-order valence-electron chi connectivity index (χ4n) is 1.94. The Morgan fingerprint density at radius 3 is 2.19 bits per heavy atom. The summed E-state index contributed by atoms with van der Waals surface area (Å²) in [6.45, 7) is 12.8. The Hall–Kier alpha value is -0.690. The van der Waals surface area contributed by atoms with E-state index in [1.807, 2.05) is 6.07 Å². The van der Waals surface area contributed by atoms with Gasteiger partial charge in [-0.25, -0.2) is 4.98 Å². The lowest BCUT2D eigenvalue weighted by Crippen LogP contribution is -2.24. The summed E-state index contributed by atoms with van der Waals surface area (Å²) in [6.07, 6.45) is 0. The number of hydrogen-bond acceptors (Lipinski definition) is 3. The van der Waals surface area contributed by atoms with Crippen LogP contribution < -0.4 is 5.56 Å². The SMILES string of the molecule is CC(C)(C)c1ccc(-c2nc(C(C)(C)C)c(I)c(=O)[nH]2)s1. The zero-order valence-corrected chi connectivity index (χ0v) is 16.3. The van der Waals surface area contributed by atoms with Gasteiger partial charge in [-0.2, -0.15) is 0 Å². The molecular formula is C16H21IN2OS. The highest BCUT2D eigenvalue weighted by Gasteiger charge is 2.23. The van der Waals surface area contributed by atoms with Gasteiger partial charge >= 0.3 is 0 Å². The second-order valence-electron chi connectivity index (χ2n) is 7.24. The molecule has 0 radical (unpaired) electrons. The van der Waals surface area contributed by atoms with E-state index in [4.69, 9.17) is 4.98 Å². The fourth-order valence-corrected chi connectivity index (χ4v) is 4.01. The van der Waals surface area contributed by atoms with Crippen molar-refractivity contribution in [2.45, 2.75) is 52.4 Å². The number of aromatic nitrogens is 2. The number of rotatable bonds is 1. The quantitative estimate of drug-likeness (QED) is 0.686. The zero-order chi connectivity index (χ0) is 16.0. The maximum atomic E-state index is 12.2. The molecule has 114 valence electrons. The Kier molecular flexibility index (Phi) is 4.37. The van der Waals surface area contributed by atoms with E-state index in [1.54, 1.807) is 11.3 Å². The molecule has 0 saturated carbocycles. The van der Waals surface area contributed by atoms with Gasteiger partial charge in [0.15, 0.2) is 5.82 Å². The van der Waals surface area contributed by atoms with Crippen LogP contribution in [0.1, 0.15) is 52.1 Å². The van der Waals surface area contributed by atoms with Crippen molar-refractivity contribution in [1.29, 1.82) is 0 Å². The molecule has 0 aromatic carbocycles. The second-order valence-corrected chi connectivity index (χ2v) is 9.40. The van der Waals surface area contributed by atoms with Crippen LogP contribution in [0.15, 0.2) is 16.9 Å². The zero-order valence-electron chi connectivity index (χ0n) is 13.3. The lowest BCUT2D eigenvalue weighted by Gasteiger charge is -2.19. The summed E-state index contributed by atoms with van der Waals surface area (Å²) >= 11 is 3.77. The maximum absolute atomic E-state index is 12.2. The third-order valence-corrected chi connectivity index (χ3v) is 5.67. The van der Waals surface area contributed by atoms with Crippen LogP contribution in [0.5, 0.6) is 0 Å². The Morgan fingerprint density at radius 2 is 1.71 bits per heavy atom. The smallest absolute Gasteiger partial charge is 0.264 e. The summed E-state index contributed by atoms with van der Waals surface area (Å²) in [5.74, 6) is 0.672. The maximum Gasteiger partial charge on any atom is 0.264 e. The van der Waals surface area contributed by atoms with Crippen LogP contribution >= 0.6 is 33.9 Å². The van der Waals surface area contributed by atoms with E-state index in [9.17, 15) is 4.79 Å². The van der Waals surface area contributed by atoms with E-state index in [2.05, 4.69) is 75.2 Å². The van der Waals surface area contributed by atoms with Gasteiger partial charge in [0.25, 0.3) is 5.56 Å². The molecule has 2 aromatic rings. The molecule has 0 saturated heterocycles. The molecule has 1 N–H and O–H groups in total. The van der Waals surface area contributed by atoms with E-state index >= 15 is 0 Å². The van der Waals surface area contributed by atoms with Gasteiger partial charge in [-0.15, -0.1) is 11.3 Å². The van der Waals surface area contributed by atoms with E-state index < -0.39 is 0 Å². The summed E-state index contributed by atoms with van der Waals surface area (Å²) in [6, 6.07) is 4.16. The molecule has 21 heavy (non-hydrogen) atoms. The van der Waals surface area contributed by atoms with Gasteiger partial charge in [-0.1, -0.05) is 41.5 Å². The molecule has 2 heterocycles.